The van der Waals surface area contributed by atoms with E-state index in [4.69, 9.17) is 71.1 Å². The SMILES string of the molecule is CC(=O)O[C@@H]1[C@H]([C@@H](COC(=O)C(C)(C)C)O[C@@H]2O[C@H](C(COC(=O)c3ccccc3)OC(=O)c3ccccc3)[C@H](OC(=O)c3ccccc3)[C@@H]2OC(=O)c2ccccc2)O[C@@H](OC[C@H](OC(=O)c2ccccc2)[C@@H]2OC(O)[C@H](OC(=O)c3ccccc3)C2OC(=O)c2ccccc2)[C@@H]1OC(=O)C(C)(C)C. The molecule has 550 valence electrons. The number of hydrogen-bond donors (Lipinski definition) is 1. The number of aliphatic hydroxyl groups is 1. The van der Waals surface area contributed by atoms with Crippen LogP contribution in [0.4, 0.5) is 0 Å². The Hall–Kier alpha value is -11.0. The Morgan fingerprint density at radius 1 is 0.333 bits per heavy atom. The highest BCUT2D eigenvalue weighted by atomic mass is 16.8. The van der Waals surface area contributed by atoms with E-state index in [0.717, 1.165) is 6.92 Å². The molecule has 0 radical (unpaired) electrons. The number of carbonyl (C=O) groups excluding carboxylic acids is 10. The van der Waals surface area contributed by atoms with Gasteiger partial charge in [0, 0.05) is 6.92 Å². The lowest BCUT2D eigenvalue weighted by atomic mass is 9.97. The molecule has 3 fully saturated rings. The second kappa shape index (κ2) is 35.0. The van der Waals surface area contributed by atoms with Crippen LogP contribution in [0.15, 0.2) is 212 Å². The van der Waals surface area contributed by atoms with Gasteiger partial charge in [-0.15, -0.1) is 0 Å². The zero-order chi connectivity index (χ0) is 75.0. The van der Waals surface area contributed by atoms with Crippen LogP contribution in [0.5, 0.6) is 0 Å². The quantitative estimate of drug-likeness (QED) is 0.0370. The normalized spacial score (nSPS) is 22.8. The lowest BCUT2D eigenvalue weighted by molar-refractivity contribution is -0.250. The van der Waals surface area contributed by atoms with Crippen molar-refractivity contribution in [2.24, 2.45) is 10.8 Å². The van der Waals surface area contributed by atoms with Gasteiger partial charge in [-0.25, -0.2) is 33.6 Å². The van der Waals surface area contributed by atoms with E-state index in [1.807, 2.05) is 0 Å². The number of benzene rings is 7. The van der Waals surface area contributed by atoms with Crippen molar-refractivity contribution in [3.05, 3.63) is 251 Å². The van der Waals surface area contributed by atoms with Gasteiger partial charge in [0.2, 0.25) is 0 Å². The van der Waals surface area contributed by atoms with Crippen LogP contribution < -0.4 is 0 Å². The molecule has 10 rings (SSSR count). The van der Waals surface area contributed by atoms with Crippen LogP contribution in [-0.4, -0.2) is 177 Å². The molecule has 105 heavy (non-hydrogen) atoms. The van der Waals surface area contributed by atoms with Crippen LogP contribution in [0.2, 0.25) is 0 Å². The molecule has 3 heterocycles. The summed E-state index contributed by atoms with van der Waals surface area (Å²) in [5.74, 6) is -9.78. The Bertz CT molecular complexity index is 4120. The standard InChI is InChI=1S/C79H78O26/c1-46(80)94-61-59(103-74(64(61)105-77(90)79(5,6)7)92-44-55(96-68(83)49-33-19-10-20-34-49)57-60(99-69(84)50-35-21-11-22-36-50)63(73(88)98-57)101-71(86)52-39-25-13-26-40-52)56(45-93-76(89)78(2,3)4)97-75-65(102-72(87)53-41-27-14-28-42-53)62(100-70(85)51-37-23-12-24-38-51)58(104-75)54(95-67(82)48-31-17-9-18-32-48)43-91-66(81)47-29-15-8-16-30-47/h8-42,54-65,73-75,88H,43-45H2,1-7H3/t54?,55-,56+,57-,58+,59-,60?,61+,62-,63+,64+,65-,73?,74+,75+/m0/s1. The van der Waals surface area contributed by atoms with Crippen LogP contribution in [0, 0.1) is 10.8 Å². The summed E-state index contributed by atoms with van der Waals surface area (Å²) < 4.78 is 94.0. The van der Waals surface area contributed by atoms with Gasteiger partial charge in [-0.05, 0) is 126 Å². The van der Waals surface area contributed by atoms with E-state index >= 15 is 0 Å². The summed E-state index contributed by atoms with van der Waals surface area (Å²) in [7, 11) is 0. The minimum absolute atomic E-state index is 0.00815. The highest BCUT2D eigenvalue weighted by Crippen LogP contribution is 2.40. The number of esters is 10. The van der Waals surface area contributed by atoms with Crippen molar-refractivity contribution in [2.75, 3.05) is 19.8 Å². The van der Waals surface area contributed by atoms with Crippen molar-refractivity contribution >= 4 is 59.7 Å². The van der Waals surface area contributed by atoms with Gasteiger partial charge in [0.05, 0.1) is 56.4 Å². The van der Waals surface area contributed by atoms with E-state index in [9.17, 15) is 53.1 Å². The number of rotatable bonds is 27. The van der Waals surface area contributed by atoms with Gasteiger partial charge in [-0.1, -0.05) is 127 Å². The topological polar surface area (TPSA) is 329 Å². The maximum atomic E-state index is 14.7. The van der Waals surface area contributed by atoms with Crippen molar-refractivity contribution < 1.29 is 124 Å². The number of hydrogen-bond acceptors (Lipinski definition) is 26. The molecule has 0 aliphatic carbocycles. The van der Waals surface area contributed by atoms with Crippen LogP contribution in [0.25, 0.3) is 0 Å². The lowest BCUT2D eigenvalue weighted by Crippen LogP contribution is -2.50. The first kappa shape index (κ1) is 76.6. The van der Waals surface area contributed by atoms with Crippen molar-refractivity contribution in [3.8, 4) is 0 Å². The lowest BCUT2D eigenvalue weighted by Gasteiger charge is -2.32. The third-order valence-corrected chi connectivity index (χ3v) is 16.6. The van der Waals surface area contributed by atoms with Crippen LogP contribution in [0.1, 0.15) is 121 Å². The number of ether oxygens (including phenoxy) is 15. The smallest absolute Gasteiger partial charge is 0.338 e. The van der Waals surface area contributed by atoms with Gasteiger partial charge in [0.15, 0.2) is 67.7 Å². The van der Waals surface area contributed by atoms with Crippen LogP contribution in [-0.2, 0) is 85.4 Å². The summed E-state index contributed by atoms with van der Waals surface area (Å²) in [5, 5.41) is 11.8. The second-order valence-corrected chi connectivity index (χ2v) is 26.5. The Morgan fingerprint density at radius 3 is 1.04 bits per heavy atom. The fraction of sp³-hybridized carbons (Fsp3) is 0.342. The van der Waals surface area contributed by atoms with Gasteiger partial charge >= 0.3 is 59.7 Å². The summed E-state index contributed by atoms with van der Waals surface area (Å²) in [4.78, 5) is 142. The monoisotopic (exact) mass is 1440 g/mol. The average Bonchev–Trinajstić information content (AvgIpc) is 1.63. The molecule has 1 N–H and O–H groups in total. The summed E-state index contributed by atoms with van der Waals surface area (Å²) in [6.45, 7) is 7.52. The highest BCUT2D eigenvalue weighted by molar-refractivity contribution is 5.93. The minimum Gasteiger partial charge on any atom is -0.462 e. The van der Waals surface area contributed by atoms with E-state index in [2.05, 4.69) is 0 Å². The van der Waals surface area contributed by atoms with Crippen molar-refractivity contribution in [2.45, 2.75) is 141 Å². The fourth-order valence-electron chi connectivity index (χ4n) is 11.2. The summed E-state index contributed by atoms with van der Waals surface area (Å²) >= 11 is 0. The molecule has 0 bridgehead atoms. The zero-order valence-corrected chi connectivity index (χ0v) is 58.1. The van der Waals surface area contributed by atoms with Gasteiger partial charge in [0.1, 0.15) is 37.6 Å². The van der Waals surface area contributed by atoms with Crippen LogP contribution in [0.3, 0.4) is 0 Å². The Kier molecular flexibility index (Phi) is 25.5. The van der Waals surface area contributed by atoms with E-state index in [1.54, 1.807) is 148 Å². The maximum Gasteiger partial charge on any atom is 0.338 e. The molecular weight excluding hydrogens is 1360 g/mol. The molecule has 26 heteroatoms. The van der Waals surface area contributed by atoms with Gasteiger partial charge < -0.3 is 76.2 Å². The first-order valence-corrected chi connectivity index (χ1v) is 33.6. The first-order valence-electron chi connectivity index (χ1n) is 33.6. The second-order valence-electron chi connectivity index (χ2n) is 26.5. The maximum absolute atomic E-state index is 14.7. The highest BCUT2D eigenvalue weighted by Gasteiger charge is 2.60. The van der Waals surface area contributed by atoms with Gasteiger partial charge in [0.25, 0.3) is 0 Å². The third kappa shape index (κ3) is 20.0. The molecule has 0 amide bonds. The molecule has 3 unspecified atom stereocenters. The molecule has 3 saturated heterocycles. The summed E-state index contributed by atoms with van der Waals surface area (Å²) in [5.41, 5.74) is -2.53. The van der Waals surface area contributed by atoms with Gasteiger partial charge in [-0.3, -0.25) is 14.4 Å². The summed E-state index contributed by atoms with van der Waals surface area (Å²) in [6, 6.07) is 53.3. The molecule has 3 aliphatic heterocycles. The molecule has 0 saturated carbocycles. The van der Waals surface area contributed by atoms with Crippen LogP contribution >= 0.6 is 0 Å². The first-order chi connectivity index (χ1) is 50.3. The fourth-order valence-corrected chi connectivity index (χ4v) is 11.2. The predicted octanol–water partition coefficient (Wildman–Crippen LogP) is 9.24. The number of aliphatic hydroxyl groups excluding tert-OH is 1. The molecule has 0 aromatic heterocycles. The Balaban J connectivity index is 1.08. The number of carbonyl (C=O) groups is 10. The van der Waals surface area contributed by atoms with Crippen molar-refractivity contribution in [3.63, 3.8) is 0 Å². The van der Waals surface area contributed by atoms with E-state index in [1.165, 1.54) is 106 Å². The molecule has 3 aliphatic rings. The average molecular weight is 1440 g/mol. The largest absolute Gasteiger partial charge is 0.462 e. The molecule has 7 aromatic carbocycles. The predicted molar refractivity (Wildman–Crippen MR) is 365 cm³/mol. The van der Waals surface area contributed by atoms with Crippen molar-refractivity contribution in [1.29, 1.82) is 0 Å². The molecule has 26 nitrogen and oxygen atoms in total. The van der Waals surface area contributed by atoms with E-state index in [-0.39, 0.29) is 38.9 Å². The van der Waals surface area contributed by atoms with E-state index < -0.39 is 182 Å². The molecule has 7 aromatic rings. The third-order valence-electron chi connectivity index (χ3n) is 16.6. The molecule has 0 spiro atoms. The minimum atomic E-state index is -2.10. The van der Waals surface area contributed by atoms with Crippen molar-refractivity contribution in [1.82, 2.24) is 0 Å². The van der Waals surface area contributed by atoms with Gasteiger partial charge in [-0.2, -0.15) is 0 Å². The Morgan fingerprint density at radius 2 is 0.638 bits per heavy atom. The Labute approximate surface area is 603 Å². The van der Waals surface area contributed by atoms with E-state index in [0.29, 0.717) is 0 Å². The molecule has 15 atom stereocenters. The summed E-state index contributed by atoms with van der Waals surface area (Å²) in [6.07, 6.45) is -28.6. The zero-order valence-electron chi connectivity index (χ0n) is 58.1. The molecular formula is C79H78O26.